The molecule has 3 aromatic rings. The van der Waals surface area contributed by atoms with Gasteiger partial charge in [0.05, 0.1) is 6.61 Å². The third-order valence-corrected chi connectivity index (χ3v) is 5.53. The van der Waals surface area contributed by atoms with Crippen LogP contribution >= 0.6 is 0 Å². The molecule has 2 amide bonds. The van der Waals surface area contributed by atoms with E-state index < -0.39 is 0 Å². The fourth-order valence-corrected chi connectivity index (χ4v) is 4.08. The minimum absolute atomic E-state index is 0.0404. The Bertz CT molecular complexity index is 1020. The molecular weight excluding hydrogens is 350 g/mol. The molecule has 0 radical (unpaired) electrons. The summed E-state index contributed by atoms with van der Waals surface area (Å²) in [5.41, 5.74) is 6.90. The van der Waals surface area contributed by atoms with Gasteiger partial charge < -0.3 is 19.5 Å². The first-order valence-electron chi connectivity index (χ1n) is 9.78. The predicted octanol–water partition coefficient (Wildman–Crippen LogP) is 4.49. The van der Waals surface area contributed by atoms with Gasteiger partial charge in [0.25, 0.3) is 0 Å². The third kappa shape index (κ3) is 3.50. The van der Waals surface area contributed by atoms with Gasteiger partial charge >= 0.3 is 6.03 Å². The normalized spacial score (nSPS) is 13.6. The Morgan fingerprint density at radius 3 is 2.82 bits per heavy atom. The maximum atomic E-state index is 13.0. The maximum absolute atomic E-state index is 13.0. The standard InChI is InChI=1S/C23H27N3O2/c1-16-7-8-20(17(2)13-16)24-23(27)26-10-9-19-14-25(11-12-28-3)21-6-4-5-18(15-26)22(19)21/h4-8,13-14H,9-12,15H2,1-3H3,(H,24,27). The number of hydrogen-bond donors (Lipinski definition) is 1. The summed E-state index contributed by atoms with van der Waals surface area (Å²) in [5, 5.41) is 4.38. The van der Waals surface area contributed by atoms with Gasteiger partial charge in [0.15, 0.2) is 0 Å². The predicted molar refractivity (Wildman–Crippen MR) is 113 cm³/mol. The number of carbonyl (C=O) groups is 1. The summed E-state index contributed by atoms with van der Waals surface area (Å²) < 4.78 is 7.52. The number of amides is 2. The van der Waals surface area contributed by atoms with Crippen molar-refractivity contribution in [1.29, 1.82) is 0 Å². The van der Waals surface area contributed by atoms with Gasteiger partial charge in [-0.15, -0.1) is 0 Å². The van der Waals surface area contributed by atoms with E-state index in [0.29, 0.717) is 19.7 Å². The van der Waals surface area contributed by atoms with Crippen molar-refractivity contribution < 1.29 is 9.53 Å². The van der Waals surface area contributed by atoms with Crippen LogP contribution < -0.4 is 5.32 Å². The van der Waals surface area contributed by atoms with Crippen LogP contribution in [0.1, 0.15) is 22.3 Å². The molecule has 0 atom stereocenters. The molecule has 0 fully saturated rings. The van der Waals surface area contributed by atoms with Gasteiger partial charge in [-0.25, -0.2) is 4.79 Å². The van der Waals surface area contributed by atoms with E-state index >= 15 is 0 Å². The minimum Gasteiger partial charge on any atom is -0.383 e. The van der Waals surface area contributed by atoms with Gasteiger partial charge in [0.1, 0.15) is 0 Å². The van der Waals surface area contributed by atoms with E-state index in [-0.39, 0.29) is 6.03 Å². The second kappa shape index (κ2) is 7.68. The molecule has 0 saturated carbocycles. The molecule has 2 aromatic carbocycles. The zero-order valence-corrected chi connectivity index (χ0v) is 16.8. The van der Waals surface area contributed by atoms with Gasteiger partial charge in [-0.05, 0) is 49.1 Å². The number of aryl methyl sites for hydroxylation is 2. The topological polar surface area (TPSA) is 46.5 Å². The zero-order valence-electron chi connectivity index (χ0n) is 16.8. The Labute approximate surface area is 165 Å². The number of nitrogens with zero attached hydrogens (tertiary/aromatic N) is 2. The number of benzene rings is 2. The summed E-state index contributed by atoms with van der Waals surface area (Å²) in [6.45, 7) is 6.94. The van der Waals surface area contributed by atoms with Crippen molar-refractivity contribution in [3.63, 3.8) is 0 Å². The molecule has 146 valence electrons. The molecule has 1 aromatic heterocycles. The zero-order chi connectivity index (χ0) is 19.7. The molecule has 0 unspecified atom stereocenters. The Morgan fingerprint density at radius 1 is 1.18 bits per heavy atom. The molecule has 0 aliphatic carbocycles. The molecule has 0 spiro atoms. The van der Waals surface area contributed by atoms with Crippen LogP contribution in [0.4, 0.5) is 10.5 Å². The molecule has 0 saturated heterocycles. The quantitative estimate of drug-likeness (QED) is 0.728. The van der Waals surface area contributed by atoms with Crippen LogP contribution in [0.25, 0.3) is 10.9 Å². The average molecular weight is 377 g/mol. The van der Waals surface area contributed by atoms with Crippen LogP contribution in [-0.4, -0.2) is 35.8 Å². The first-order valence-corrected chi connectivity index (χ1v) is 9.78. The maximum Gasteiger partial charge on any atom is 0.322 e. The summed E-state index contributed by atoms with van der Waals surface area (Å²) in [6.07, 6.45) is 3.08. The second-order valence-electron chi connectivity index (χ2n) is 7.57. The number of rotatable bonds is 4. The van der Waals surface area contributed by atoms with Crippen LogP contribution in [-0.2, 0) is 24.2 Å². The lowest BCUT2D eigenvalue weighted by molar-refractivity contribution is 0.188. The highest BCUT2D eigenvalue weighted by Gasteiger charge is 2.22. The molecular formula is C23H27N3O2. The number of aromatic nitrogens is 1. The summed E-state index contributed by atoms with van der Waals surface area (Å²) in [7, 11) is 1.73. The van der Waals surface area contributed by atoms with Gasteiger partial charge in [-0.1, -0.05) is 29.8 Å². The lowest BCUT2D eigenvalue weighted by Crippen LogP contribution is -2.35. The van der Waals surface area contributed by atoms with E-state index in [0.717, 1.165) is 24.2 Å². The van der Waals surface area contributed by atoms with E-state index in [1.807, 2.05) is 24.0 Å². The minimum atomic E-state index is -0.0404. The Morgan fingerprint density at radius 2 is 2.04 bits per heavy atom. The van der Waals surface area contributed by atoms with Gasteiger partial charge in [0.2, 0.25) is 0 Å². The number of methoxy groups -OCH3 is 1. The van der Waals surface area contributed by atoms with E-state index in [1.165, 1.54) is 27.6 Å². The fraction of sp³-hybridized carbons (Fsp3) is 0.348. The van der Waals surface area contributed by atoms with Crippen molar-refractivity contribution in [3.05, 3.63) is 64.8 Å². The first kappa shape index (κ1) is 18.6. The summed E-state index contributed by atoms with van der Waals surface area (Å²) in [6, 6.07) is 12.4. The van der Waals surface area contributed by atoms with Crippen molar-refractivity contribution in [2.24, 2.45) is 0 Å². The molecule has 1 aliphatic heterocycles. The number of urea groups is 1. The van der Waals surface area contributed by atoms with Gasteiger partial charge in [0, 0.05) is 49.5 Å². The van der Waals surface area contributed by atoms with Gasteiger partial charge in [-0.3, -0.25) is 0 Å². The van der Waals surface area contributed by atoms with Crippen molar-refractivity contribution in [2.75, 3.05) is 25.6 Å². The molecule has 5 nitrogen and oxygen atoms in total. The Balaban J connectivity index is 1.58. The first-order chi connectivity index (χ1) is 13.6. The molecule has 28 heavy (non-hydrogen) atoms. The molecule has 5 heteroatoms. The summed E-state index contributed by atoms with van der Waals surface area (Å²) in [4.78, 5) is 14.9. The van der Waals surface area contributed by atoms with E-state index in [2.05, 4.69) is 47.3 Å². The third-order valence-electron chi connectivity index (χ3n) is 5.53. The highest BCUT2D eigenvalue weighted by molar-refractivity contribution is 5.92. The number of anilines is 1. The van der Waals surface area contributed by atoms with Crippen molar-refractivity contribution in [2.45, 2.75) is 33.4 Å². The highest BCUT2D eigenvalue weighted by Crippen LogP contribution is 2.30. The lowest BCUT2D eigenvalue weighted by Gasteiger charge is -2.22. The fourth-order valence-electron chi connectivity index (χ4n) is 4.08. The summed E-state index contributed by atoms with van der Waals surface area (Å²) in [5.74, 6) is 0. The Hall–Kier alpha value is -2.79. The van der Waals surface area contributed by atoms with E-state index in [9.17, 15) is 4.79 Å². The highest BCUT2D eigenvalue weighted by atomic mass is 16.5. The van der Waals surface area contributed by atoms with Crippen molar-refractivity contribution in [3.8, 4) is 0 Å². The van der Waals surface area contributed by atoms with Crippen LogP contribution in [0.5, 0.6) is 0 Å². The van der Waals surface area contributed by atoms with Crippen LogP contribution in [0, 0.1) is 13.8 Å². The second-order valence-corrected chi connectivity index (χ2v) is 7.57. The van der Waals surface area contributed by atoms with Crippen molar-refractivity contribution in [1.82, 2.24) is 9.47 Å². The number of hydrogen-bond acceptors (Lipinski definition) is 2. The SMILES string of the molecule is COCCn1cc2c3c(cccc31)CN(C(=O)Nc1ccc(C)cc1C)CC2. The smallest absolute Gasteiger partial charge is 0.322 e. The molecule has 1 N–H and O–H groups in total. The van der Waals surface area contributed by atoms with E-state index in [4.69, 9.17) is 4.74 Å². The number of carbonyl (C=O) groups excluding carboxylic acids is 1. The number of ether oxygens (including phenoxy) is 1. The summed E-state index contributed by atoms with van der Waals surface area (Å²) >= 11 is 0. The van der Waals surface area contributed by atoms with Crippen LogP contribution in [0.3, 0.4) is 0 Å². The molecule has 1 aliphatic rings. The Kier molecular flexibility index (Phi) is 5.09. The number of nitrogens with one attached hydrogen (secondary N) is 1. The van der Waals surface area contributed by atoms with Crippen LogP contribution in [0.15, 0.2) is 42.6 Å². The average Bonchev–Trinajstić information content (AvgIpc) is 2.92. The lowest BCUT2D eigenvalue weighted by atomic mass is 10.1. The van der Waals surface area contributed by atoms with Crippen molar-refractivity contribution >= 4 is 22.6 Å². The molecule has 0 bridgehead atoms. The van der Waals surface area contributed by atoms with Crippen LogP contribution in [0.2, 0.25) is 0 Å². The van der Waals surface area contributed by atoms with Gasteiger partial charge in [-0.2, -0.15) is 0 Å². The molecule has 2 heterocycles. The largest absolute Gasteiger partial charge is 0.383 e. The monoisotopic (exact) mass is 377 g/mol. The molecule has 4 rings (SSSR count). The van der Waals surface area contributed by atoms with E-state index in [1.54, 1.807) is 7.11 Å².